The number of carbonyl (C=O) groups is 1. The Labute approximate surface area is 78.2 Å². The van der Waals surface area contributed by atoms with Gasteiger partial charge in [-0.3, -0.25) is 4.79 Å². The molecule has 0 saturated carbocycles. The zero-order valence-electron chi connectivity index (χ0n) is 7.71. The molecule has 0 aliphatic carbocycles. The van der Waals surface area contributed by atoms with Crippen LogP contribution in [0.25, 0.3) is 0 Å². The third-order valence-corrected chi connectivity index (χ3v) is 1.91. The fraction of sp³-hybridized carbons (Fsp3) is 0.300. The fourth-order valence-electron chi connectivity index (χ4n) is 1.25. The Kier molecular flexibility index (Phi) is 3.82. The van der Waals surface area contributed by atoms with E-state index >= 15 is 0 Å². The molecule has 0 radical (unpaired) electrons. The van der Waals surface area contributed by atoms with Crippen LogP contribution >= 0.6 is 0 Å². The van der Waals surface area contributed by atoms with Gasteiger partial charge in [0.15, 0.2) is 0 Å². The molecule has 0 bridgehead atoms. The van der Waals surface area contributed by atoms with E-state index in [2.05, 4.69) is 16.7 Å². The predicted molar refractivity (Wildman–Crippen MR) is 53.8 cm³/mol. The van der Waals surface area contributed by atoms with Crippen LogP contribution in [0.15, 0.2) is 24.3 Å². The van der Waals surface area contributed by atoms with Gasteiger partial charge in [0.05, 0.1) is 0 Å². The van der Waals surface area contributed by atoms with Gasteiger partial charge in [0.2, 0.25) is 6.41 Å². The number of hydrogen-bond donors (Lipinski definition) is 2. The molecule has 0 fully saturated rings. The second-order valence-electron chi connectivity index (χ2n) is 2.73. The maximum Gasteiger partial charge on any atom is 0.207 e. The molecule has 3 heteroatoms. The largest absolute Gasteiger partial charge is 0.388 e. The molecule has 0 heterocycles. The van der Waals surface area contributed by atoms with Crippen LogP contribution in [0.3, 0.4) is 0 Å². The Morgan fingerprint density at radius 3 is 2.85 bits per heavy atom. The number of para-hydroxylation sites is 1. The molecule has 0 atom stereocenters. The number of carbonyl (C=O) groups excluding carboxylic acids is 1. The van der Waals surface area contributed by atoms with Gasteiger partial charge in [-0.1, -0.05) is 18.2 Å². The minimum absolute atomic E-state index is 0.683. The third-order valence-electron chi connectivity index (χ3n) is 1.91. The summed E-state index contributed by atoms with van der Waals surface area (Å²) in [6.45, 7) is 0.683. The van der Waals surface area contributed by atoms with Crippen molar-refractivity contribution >= 4 is 12.1 Å². The van der Waals surface area contributed by atoms with Crippen LogP contribution in [0, 0.1) is 0 Å². The number of anilines is 1. The van der Waals surface area contributed by atoms with Crippen molar-refractivity contribution in [3.8, 4) is 0 Å². The van der Waals surface area contributed by atoms with Crippen molar-refractivity contribution in [2.24, 2.45) is 0 Å². The normalized spacial score (nSPS) is 9.31. The molecule has 13 heavy (non-hydrogen) atoms. The first-order valence-corrected chi connectivity index (χ1v) is 4.31. The Balaban J connectivity index is 2.58. The first-order chi connectivity index (χ1) is 6.38. The Morgan fingerprint density at radius 2 is 2.15 bits per heavy atom. The Hall–Kier alpha value is -1.51. The van der Waals surface area contributed by atoms with E-state index < -0.39 is 0 Å². The summed E-state index contributed by atoms with van der Waals surface area (Å²) in [4.78, 5) is 10.0. The molecule has 0 unspecified atom stereocenters. The summed E-state index contributed by atoms with van der Waals surface area (Å²) < 4.78 is 0. The first-order valence-electron chi connectivity index (χ1n) is 4.31. The summed E-state index contributed by atoms with van der Waals surface area (Å²) in [5.74, 6) is 0. The molecule has 0 aliphatic heterocycles. The average molecular weight is 178 g/mol. The lowest BCUT2D eigenvalue weighted by Crippen LogP contribution is -2.14. The summed E-state index contributed by atoms with van der Waals surface area (Å²) >= 11 is 0. The molecule has 3 nitrogen and oxygen atoms in total. The molecule has 0 spiro atoms. The van der Waals surface area contributed by atoms with E-state index in [1.807, 2.05) is 25.2 Å². The fourth-order valence-corrected chi connectivity index (χ4v) is 1.25. The highest BCUT2D eigenvalue weighted by Gasteiger charge is 1.97. The van der Waals surface area contributed by atoms with Crippen LogP contribution in [0.4, 0.5) is 5.69 Å². The number of rotatable bonds is 5. The van der Waals surface area contributed by atoms with Gasteiger partial charge in [0.1, 0.15) is 0 Å². The molecule has 70 valence electrons. The number of hydrogen-bond acceptors (Lipinski definition) is 2. The van der Waals surface area contributed by atoms with Crippen LogP contribution < -0.4 is 10.6 Å². The molecule has 0 aromatic heterocycles. The number of nitrogens with one attached hydrogen (secondary N) is 2. The van der Waals surface area contributed by atoms with Crippen molar-refractivity contribution in [3.63, 3.8) is 0 Å². The zero-order valence-corrected chi connectivity index (χ0v) is 7.71. The van der Waals surface area contributed by atoms with Crippen molar-refractivity contribution in [1.82, 2.24) is 5.32 Å². The lowest BCUT2D eigenvalue weighted by Gasteiger charge is -2.07. The van der Waals surface area contributed by atoms with E-state index in [-0.39, 0.29) is 0 Å². The molecule has 1 aromatic carbocycles. The van der Waals surface area contributed by atoms with Crippen LogP contribution in [-0.2, 0) is 11.2 Å². The molecule has 1 aromatic rings. The minimum atomic E-state index is 0.683. The van der Waals surface area contributed by atoms with Gasteiger partial charge < -0.3 is 10.6 Å². The van der Waals surface area contributed by atoms with E-state index in [1.165, 1.54) is 5.56 Å². The molecular weight excluding hydrogens is 164 g/mol. The van der Waals surface area contributed by atoms with Gasteiger partial charge >= 0.3 is 0 Å². The van der Waals surface area contributed by atoms with Gasteiger partial charge in [-0.25, -0.2) is 0 Å². The topological polar surface area (TPSA) is 41.1 Å². The molecule has 2 N–H and O–H groups in total. The van der Waals surface area contributed by atoms with Gasteiger partial charge in [0.25, 0.3) is 0 Å². The lowest BCUT2D eigenvalue weighted by molar-refractivity contribution is -0.109. The lowest BCUT2D eigenvalue weighted by atomic mass is 10.1. The van der Waals surface area contributed by atoms with Crippen molar-refractivity contribution in [3.05, 3.63) is 29.8 Å². The van der Waals surface area contributed by atoms with Crippen LogP contribution in [0.2, 0.25) is 0 Å². The SMILES string of the molecule is CNc1ccccc1CCNC=O. The van der Waals surface area contributed by atoms with E-state index in [0.717, 1.165) is 18.5 Å². The molecule has 1 rings (SSSR count). The maximum absolute atomic E-state index is 10.0. The Bertz CT molecular complexity index is 273. The molecular formula is C10H14N2O. The molecule has 0 saturated heterocycles. The highest BCUT2D eigenvalue weighted by atomic mass is 16.1. The van der Waals surface area contributed by atoms with Gasteiger partial charge in [0, 0.05) is 19.3 Å². The van der Waals surface area contributed by atoms with Crippen molar-refractivity contribution in [2.75, 3.05) is 18.9 Å². The number of amides is 1. The average Bonchev–Trinajstić information content (AvgIpc) is 2.19. The van der Waals surface area contributed by atoms with Crippen LogP contribution in [0.1, 0.15) is 5.56 Å². The highest BCUT2D eigenvalue weighted by molar-refractivity contribution is 5.51. The van der Waals surface area contributed by atoms with E-state index in [9.17, 15) is 4.79 Å². The van der Waals surface area contributed by atoms with E-state index in [4.69, 9.17) is 0 Å². The van der Waals surface area contributed by atoms with E-state index in [1.54, 1.807) is 0 Å². The van der Waals surface area contributed by atoms with Crippen molar-refractivity contribution in [1.29, 1.82) is 0 Å². The predicted octanol–water partition coefficient (Wildman–Crippen LogP) is 1.02. The first kappa shape index (κ1) is 9.58. The minimum Gasteiger partial charge on any atom is -0.388 e. The van der Waals surface area contributed by atoms with Gasteiger partial charge in [-0.05, 0) is 18.1 Å². The molecule has 1 amide bonds. The van der Waals surface area contributed by atoms with Crippen molar-refractivity contribution < 1.29 is 4.79 Å². The van der Waals surface area contributed by atoms with Crippen LogP contribution in [-0.4, -0.2) is 20.0 Å². The molecule has 0 aliphatic rings. The second kappa shape index (κ2) is 5.19. The summed E-state index contributed by atoms with van der Waals surface area (Å²) in [5.41, 5.74) is 2.34. The van der Waals surface area contributed by atoms with Gasteiger partial charge in [-0.2, -0.15) is 0 Å². The smallest absolute Gasteiger partial charge is 0.207 e. The quantitative estimate of drug-likeness (QED) is 0.522. The van der Waals surface area contributed by atoms with E-state index in [0.29, 0.717) is 6.54 Å². The summed E-state index contributed by atoms with van der Waals surface area (Å²) in [6, 6.07) is 8.06. The summed E-state index contributed by atoms with van der Waals surface area (Å²) in [5, 5.41) is 5.75. The highest BCUT2D eigenvalue weighted by Crippen LogP contribution is 2.13. The second-order valence-corrected chi connectivity index (χ2v) is 2.73. The van der Waals surface area contributed by atoms with Crippen molar-refractivity contribution in [2.45, 2.75) is 6.42 Å². The third kappa shape index (κ3) is 2.78. The Morgan fingerprint density at radius 1 is 1.38 bits per heavy atom. The standard InChI is InChI=1S/C10H14N2O/c1-11-10-5-3-2-4-9(10)6-7-12-8-13/h2-5,8,11H,6-7H2,1H3,(H,12,13). The van der Waals surface area contributed by atoms with Crippen LogP contribution in [0.5, 0.6) is 0 Å². The number of benzene rings is 1. The maximum atomic E-state index is 10.0. The summed E-state index contributed by atoms with van der Waals surface area (Å²) in [7, 11) is 1.89. The van der Waals surface area contributed by atoms with Gasteiger partial charge in [-0.15, -0.1) is 0 Å². The zero-order chi connectivity index (χ0) is 9.52. The summed E-state index contributed by atoms with van der Waals surface area (Å²) in [6.07, 6.45) is 1.58. The monoisotopic (exact) mass is 178 g/mol.